The van der Waals surface area contributed by atoms with E-state index in [1.165, 1.54) is 0 Å². The highest BCUT2D eigenvalue weighted by Crippen LogP contribution is 2.44. The monoisotopic (exact) mass is 383 g/mol. The average molecular weight is 383 g/mol. The molecule has 1 atom stereocenters. The average Bonchev–Trinajstić information content (AvgIpc) is 2.99. The van der Waals surface area contributed by atoms with E-state index in [0.717, 1.165) is 12.7 Å². The first-order chi connectivity index (χ1) is 11.5. The number of aliphatic hydroxyl groups excluding tert-OH is 1. The van der Waals surface area contributed by atoms with E-state index >= 15 is 0 Å². The maximum Gasteiger partial charge on any atom is 0.379 e. The van der Waals surface area contributed by atoms with E-state index in [9.17, 15) is 31.1 Å². The Morgan fingerprint density at radius 3 is 2.44 bits per heavy atom. The minimum atomic E-state index is -5.40. The summed E-state index contributed by atoms with van der Waals surface area (Å²) in [5.41, 5.74) is -4.78. The Bertz CT molecular complexity index is 845. The fraction of sp³-hybridized carbons (Fsp3) is 0.385. The highest BCUT2D eigenvalue weighted by atomic mass is 32.2. The standard InChI is InChI=1S/C13H13F4N3O4S/c14-9-1-2-10(11(15)5-9)12(22,6-20-8-18-7-19-20)13(16,17)25(23,24)4-3-21/h1-2,5,7-8,21-22H,3-4,6H2. The quantitative estimate of drug-likeness (QED) is 0.673. The van der Waals surface area contributed by atoms with E-state index < -0.39 is 56.8 Å². The van der Waals surface area contributed by atoms with Gasteiger partial charge in [-0.15, -0.1) is 0 Å². The smallest absolute Gasteiger partial charge is 0.379 e. The number of hydrogen-bond donors (Lipinski definition) is 2. The van der Waals surface area contributed by atoms with Crippen molar-refractivity contribution >= 4 is 9.84 Å². The van der Waals surface area contributed by atoms with Gasteiger partial charge in [0.15, 0.2) is 5.60 Å². The van der Waals surface area contributed by atoms with Crippen LogP contribution in [0.4, 0.5) is 17.6 Å². The van der Waals surface area contributed by atoms with Gasteiger partial charge in [0.25, 0.3) is 0 Å². The second-order valence-corrected chi connectivity index (χ2v) is 7.29. The van der Waals surface area contributed by atoms with E-state index in [1.807, 2.05) is 0 Å². The third-order valence-corrected chi connectivity index (χ3v) is 5.31. The molecule has 2 rings (SSSR count). The molecule has 0 saturated carbocycles. The van der Waals surface area contributed by atoms with Crippen molar-refractivity contribution in [2.45, 2.75) is 17.4 Å². The Morgan fingerprint density at radius 2 is 1.92 bits per heavy atom. The molecular weight excluding hydrogens is 370 g/mol. The third kappa shape index (κ3) is 3.37. The van der Waals surface area contributed by atoms with Gasteiger partial charge in [-0.3, -0.25) is 0 Å². The van der Waals surface area contributed by atoms with Crippen LogP contribution in [0.5, 0.6) is 0 Å². The summed E-state index contributed by atoms with van der Waals surface area (Å²) >= 11 is 0. The number of nitrogens with zero attached hydrogens (tertiary/aromatic N) is 3. The van der Waals surface area contributed by atoms with Crippen molar-refractivity contribution in [1.82, 2.24) is 14.8 Å². The molecule has 12 heteroatoms. The lowest BCUT2D eigenvalue weighted by Crippen LogP contribution is -2.54. The van der Waals surface area contributed by atoms with E-state index in [0.29, 0.717) is 16.8 Å². The topological polar surface area (TPSA) is 105 Å². The summed E-state index contributed by atoms with van der Waals surface area (Å²) in [5, 5.41) is 17.8. The molecule has 0 spiro atoms. The van der Waals surface area contributed by atoms with Crippen LogP contribution in [0, 0.1) is 11.6 Å². The van der Waals surface area contributed by atoms with Crippen molar-refractivity contribution in [2.75, 3.05) is 12.4 Å². The van der Waals surface area contributed by atoms with E-state index in [-0.39, 0.29) is 6.07 Å². The van der Waals surface area contributed by atoms with Gasteiger partial charge in [0.05, 0.1) is 18.9 Å². The van der Waals surface area contributed by atoms with Crippen LogP contribution in [0.15, 0.2) is 30.9 Å². The number of alkyl halides is 2. The fourth-order valence-electron chi connectivity index (χ4n) is 2.21. The first kappa shape index (κ1) is 19.3. The van der Waals surface area contributed by atoms with Crippen molar-refractivity contribution in [2.24, 2.45) is 0 Å². The number of rotatable bonds is 7. The number of aliphatic hydroxyl groups is 2. The molecule has 0 aliphatic carbocycles. The third-order valence-electron chi connectivity index (χ3n) is 3.47. The molecule has 2 N–H and O–H groups in total. The van der Waals surface area contributed by atoms with Crippen molar-refractivity contribution in [1.29, 1.82) is 0 Å². The molecule has 1 heterocycles. The zero-order valence-electron chi connectivity index (χ0n) is 12.5. The second kappa shape index (κ2) is 6.69. The lowest BCUT2D eigenvalue weighted by molar-refractivity contribution is -0.145. The van der Waals surface area contributed by atoms with Gasteiger partial charge < -0.3 is 10.2 Å². The largest absolute Gasteiger partial charge is 0.395 e. The number of sulfone groups is 1. The predicted octanol–water partition coefficient (Wildman–Crippen LogP) is 0.444. The zero-order valence-corrected chi connectivity index (χ0v) is 13.3. The molecule has 2 aromatic rings. The normalized spacial score (nSPS) is 15.1. The van der Waals surface area contributed by atoms with Crippen LogP contribution >= 0.6 is 0 Å². The van der Waals surface area contributed by atoms with Crippen LogP contribution in [0.25, 0.3) is 0 Å². The van der Waals surface area contributed by atoms with Crippen molar-refractivity contribution < 1.29 is 36.2 Å². The molecule has 0 aliphatic rings. The first-order valence-corrected chi connectivity index (χ1v) is 8.41. The number of halogens is 4. The maximum atomic E-state index is 14.7. The molecule has 7 nitrogen and oxygen atoms in total. The summed E-state index contributed by atoms with van der Waals surface area (Å²) in [6.45, 7) is -2.32. The molecule has 0 aliphatic heterocycles. The molecule has 1 aromatic carbocycles. The van der Waals surface area contributed by atoms with Gasteiger partial charge >= 0.3 is 5.25 Å². The summed E-state index contributed by atoms with van der Waals surface area (Å²) in [7, 11) is -5.40. The van der Waals surface area contributed by atoms with Crippen molar-refractivity contribution in [3.05, 3.63) is 48.1 Å². The molecule has 1 aromatic heterocycles. The number of benzene rings is 1. The predicted molar refractivity (Wildman–Crippen MR) is 76.1 cm³/mol. The van der Waals surface area contributed by atoms with Gasteiger partial charge in [0, 0.05) is 11.6 Å². The summed E-state index contributed by atoms with van der Waals surface area (Å²) in [6.07, 6.45) is 1.84. The van der Waals surface area contributed by atoms with Gasteiger partial charge in [0.1, 0.15) is 24.3 Å². The van der Waals surface area contributed by atoms with Crippen molar-refractivity contribution in [3.8, 4) is 0 Å². The van der Waals surface area contributed by atoms with Crippen molar-refractivity contribution in [3.63, 3.8) is 0 Å². The summed E-state index contributed by atoms with van der Waals surface area (Å²) in [6, 6.07) is 1.35. The summed E-state index contributed by atoms with van der Waals surface area (Å²) < 4.78 is 81.0. The Hall–Kier alpha value is -2.05. The second-order valence-electron chi connectivity index (χ2n) is 5.14. The molecule has 25 heavy (non-hydrogen) atoms. The van der Waals surface area contributed by atoms with Crippen LogP contribution in [-0.2, 0) is 22.0 Å². The summed E-state index contributed by atoms with van der Waals surface area (Å²) in [5.74, 6) is -4.05. The number of aromatic nitrogens is 3. The lowest BCUT2D eigenvalue weighted by atomic mass is 9.93. The van der Waals surface area contributed by atoms with Gasteiger partial charge in [-0.2, -0.15) is 13.9 Å². The summed E-state index contributed by atoms with van der Waals surface area (Å²) in [4.78, 5) is 3.47. The minimum absolute atomic E-state index is 0.233. The van der Waals surface area contributed by atoms with Crippen LogP contribution in [0.3, 0.4) is 0 Å². The van der Waals surface area contributed by atoms with Crippen LogP contribution in [-0.4, -0.2) is 51.0 Å². The molecule has 138 valence electrons. The highest BCUT2D eigenvalue weighted by molar-refractivity contribution is 7.92. The minimum Gasteiger partial charge on any atom is -0.395 e. The van der Waals surface area contributed by atoms with Gasteiger partial charge in [-0.05, 0) is 12.1 Å². The van der Waals surface area contributed by atoms with Crippen LogP contribution in [0.1, 0.15) is 5.56 Å². The zero-order chi connectivity index (χ0) is 18.9. The lowest BCUT2D eigenvalue weighted by Gasteiger charge is -2.35. The molecule has 0 radical (unpaired) electrons. The first-order valence-electron chi connectivity index (χ1n) is 6.76. The van der Waals surface area contributed by atoms with E-state index in [2.05, 4.69) is 10.1 Å². The SMILES string of the molecule is O=S(=O)(CCO)C(F)(F)C(O)(Cn1cncn1)c1ccc(F)cc1F. The highest BCUT2D eigenvalue weighted by Gasteiger charge is 2.63. The van der Waals surface area contributed by atoms with E-state index in [1.54, 1.807) is 0 Å². The Kier molecular flexibility index (Phi) is 5.16. The Morgan fingerprint density at radius 1 is 1.24 bits per heavy atom. The molecule has 1 unspecified atom stereocenters. The van der Waals surface area contributed by atoms with Crippen LogP contribution in [0.2, 0.25) is 0 Å². The molecular formula is C13H13F4N3O4S. The molecule has 0 amide bonds. The van der Waals surface area contributed by atoms with E-state index in [4.69, 9.17) is 5.11 Å². The fourth-order valence-corrected chi connectivity index (χ4v) is 3.40. The molecule has 0 saturated heterocycles. The molecule has 0 fully saturated rings. The molecule has 0 bridgehead atoms. The van der Waals surface area contributed by atoms with Gasteiger partial charge in [0.2, 0.25) is 9.84 Å². The van der Waals surface area contributed by atoms with Crippen LogP contribution < -0.4 is 0 Å². The Labute approximate surface area is 139 Å². The maximum absolute atomic E-state index is 14.7. The number of hydrogen-bond acceptors (Lipinski definition) is 6. The van der Waals surface area contributed by atoms with Gasteiger partial charge in [-0.1, -0.05) is 0 Å². The van der Waals surface area contributed by atoms with Gasteiger partial charge in [-0.25, -0.2) is 26.9 Å². The Balaban J connectivity index is 2.67.